The van der Waals surface area contributed by atoms with Gasteiger partial charge in [-0.2, -0.15) is 9.97 Å². The first-order chi connectivity index (χ1) is 27.2. The quantitative estimate of drug-likeness (QED) is 0.136. The molecule has 14 heteroatoms. The van der Waals surface area contributed by atoms with Gasteiger partial charge >= 0.3 is 12.1 Å². The van der Waals surface area contributed by atoms with Crippen LogP contribution in [0, 0.1) is 5.82 Å². The van der Waals surface area contributed by atoms with E-state index in [0.717, 1.165) is 48.8 Å². The number of carbonyl (C=O) groups excluding carboxylic acids is 1. The molecule has 2 N–H and O–H groups in total. The highest BCUT2D eigenvalue weighted by Gasteiger charge is 2.35. The lowest BCUT2D eigenvalue weighted by Crippen LogP contribution is -2.51. The molecule has 3 aromatic carbocycles. The Balaban J connectivity index is 0.919. The Morgan fingerprint density at radius 3 is 2.54 bits per heavy atom. The molecule has 8 rings (SSSR count). The average Bonchev–Trinajstić information content (AvgIpc) is 3.72. The van der Waals surface area contributed by atoms with Crippen molar-refractivity contribution in [3.63, 3.8) is 0 Å². The Kier molecular flexibility index (Phi) is 11.5. The molecule has 0 unspecified atom stereocenters. The largest absolute Gasteiger partial charge is 0.462 e. The number of hydrogen-bond acceptors (Lipinski definition) is 11. The van der Waals surface area contributed by atoms with Crippen molar-refractivity contribution in [1.29, 1.82) is 0 Å². The Morgan fingerprint density at radius 1 is 1.02 bits per heavy atom. The third-order valence-corrected chi connectivity index (χ3v) is 11.2. The van der Waals surface area contributed by atoms with Crippen LogP contribution in [0.25, 0.3) is 32.9 Å². The number of rotatable bonds is 13. The summed E-state index contributed by atoms with van der Waals surface area (Å²) in [5, 5.41) is 9.12. The van der Waals surface area contributed by atoms with Crippen molar-refractivity contribution >= 4 is 45.2 Å². The van der Waals surface area contributed by atoms with Gasteiger partial charge < -0.3 is 34.6 Å². The van der Waals surface area contributed by atoms with Crippen molar-refractivity contribution in [1.82, 2.24) is 35.4 Å². The molecule has 2 bridgehead atoms. The van der Waals surface area contributed by atoms with Crippen LogP contribution in [0.15, 0.2) is 66.9 Å². The number of pyridine rings is 1. The van der Waals surface area contributed by atoms with E-state index in [2.05, 4.69) is 59.6 Å². The molecule has 56 heavy (non-hydrogen) atoms. The topological polar surface area (TPSA) is 117 Å². The Labute approximate surface area is 331 Å². The number of halogens is 2. The first kappa shape index (κ1) is 38.2. The lowest BCUT2D eigenvalue weighted by Gasteiger charge is -2.34. The molecule has 12 nitrogen and oxygen atoms in total. The molecule has 3 aliphatic heterocycles. The van der Waals surface area contributed by atoms with Crippen molar-refractivity contribution in [2.24, 2.45) is 0 Å². The van der Waals surface area contributed by atoms with Gasteiger partial charge in [-0.25, -0.2) is 9.18 Å². The Bertz CT molecular complexity index is 2180. The molecule has 2 aromatic heterocycles. The van der Waals surface area contributed by atoms with Gasteiger partial charge in [-0.05, 0) is 56.6 Å². The SMILES string of the molecule is CN(C)Cc1ccc(COCCNC(=O)O[C@@H]2C[C@@H](COc3nc(N4C[C@H]5CC[C@@H](C4)N5)c4cnc(-c5cccc6cccc(Cl)c56)c(F)c4n3)N(C)C2)cc1. The van der Waals surface area contributed by atoms with Gasteiger partial charge in [0.15, 0.2) is 5.82 Å². The minimum Gasteiger partial charge on any atom is -0.462 e. The van der Waals surface area contributed by atoms with Crippen LogP contribution in [-0.4, -0.2) is 116 Å². The molecule has 5 heterocycles. The zero-order valence-electron chi connectivity index (χ0n) is 32.0. The molecule has 4 atom stereocenters. The molecule has 5 aromatic rings. The third kappa shape index (κ3) is 8.52. The second-order valence-electron chi connectivity index (χ2n) is 15.4. The van der Waals surface area contributed by atoms with Crippen LogP contribution >= 0.6 is 11.6 Å². The van der Waals surface area contributed by atoms with Gasteiger partial charge in [0.05, 0.1) is 18.6 Å². The lowest BCUT2D eigenvalue weighted by molar-refractivity contribution is 0.0917. The van der Waals surface area contributed by atoms with Gasteiger partial charge in [-0.1, -0.05) is 66.2 Å². The van der Waals surface area contributed by atoms with Crippen LogP contribution in [0.5, 0.6) is 6.01 Å². The van der Waals surface area contributed by atoms with Gasteiger partial charge in [0.2, 0.25) is 0 Å². The number of nitrogens with zero attached hydrogens (tertiary/aromatic N) is 6. The number of hydrogen-bond donors (Lipinski definition) is 2. The molecular formula is C42H48ClFN8O4. The van der Waals surface area contributed by atoms with Gasteiger partial charge in [0.1, 0.15) is 29.7 Å². The maximum absolute atomic E-state index is 16.8. The van der Waals surface area contributed by atoms with E-state index in [1.165, 1.54) is 5.56 Å². The second kappa shape index (κ2) is 16.8. The molecule has 3 fully saturated rings. The molecule has 294 valence electrons. The maximum atomic E-state index is 16.8. The van der Waals surface area contributed by atoms with E-state index in [4.69, 9.17) is 30.8 Å². The zero-order valence-corrected chi connectivity index (χ0v) is 32.8. The number of fused-ring (bicyclic) bond motifs is 4. The number of benzene rings is 3. The molecule has 0 radical (unpaired) electrons. The summed E-state index contributed by atoms with van der Waals surface area (Å²) in [6.45, 7) is 4.33. The standard InChI is InChI=1S/C42H48ClFN8O4/c1-50(2)20-26-10-12-27(13-11-26)24-54-17-16-45-42(53)56-32-18-31(51(3)23-32)25-55-41-48-39-34(40(49-41)52-21-29-14-15-30(22-52)47-29)19-46-38(37(39)44)33-8-4-6-28-7-5-9-35(43)36(28)33/h4-13,19,29-32,47H,14-18,20-25H2,1-3H3,(H,45,53)/t29-,30+,31-,32+/m0/s1. The number of likely N-dealkylation sites (tertiary alicyclic amines) is 1. The van der Waals surface area contributed by atoms with Crippen LogP contribution in [0.4, 0.5) is 15.0 Å². The highest BCUT2D eigenvalue weighted by Crippen LogP contribution is 2.38. The minimum atomic E-state index is -0.557. The normalized spacial score (nSPS) is 21.0. The van der Waals surface area contributed by atoms with E-state index < -0.39 is 11.9 Å². The van der Waals surface area contributed by atoms with Crippen LogP contribution < -0.4 is 20.3 Å². The van der Waals surface area contributed by atoms with Gasteiger partial charge in [-0.3, -0.25) is 9.88 Å². The summed E-state index contributed by atoms with van der Waals surface area (Å²) < 4.78 is 34.6. The molecule has 3 aliphatic rings. The summed E-state index contributed by atoms with van der Waals surface area (Å²) in [6.07, 6.45) is 3.60. The summed E-state index contributed by atoms with van der Waals surface area (Å²) in [5.74, 6) is 0.0514. The van der Waals surface area contributed by atoms with Crippen LogP contribution in [0.1, 0.15) is 30.4 Å². The van der Waals surface area contributed by atoms with E-state index in [1.807, 2.05) is 51.5 Å². The summed E-state index contributed by atoms with van der Waals surface area (Å²) in [6, 6.07) is 20.3. The predicted octanol–water partition coefficient (Wildman–Crippen LogP) is 6.03. The number of ether oxygens (including phenoxy) is 3. The van der Waals surface area contributed by atoms with E-state index in [9.17, 15) is 4.79 Å². The van der Waals surface area contributed by atoms with Gasteiger partial charge in [0, 0.05) is 79.4 Å². The number of likely N-dealkylation sites (N-methyl/N-ethyl adjacent to an activating group) is 1. The highest BCUT2D eigenvalue weighted by molar-refractivity contribution is 6.36. The first-order valence-electron chi connectivity index (χ1n) is 19.3. The molecule has 0 spiro atoms. The molecule has 1 amide bonds. The fraction of sp³-hybridized carbons (Fsp3) is 0.429. The first-order valence-corrected chi connectivity index (χ1v) is 19.7. The Morgan fingerprint density at radius 2 is 1.77 bits per heavy atom. The minimum absolute atomic E-state index is 0.0753. The summed E-state index contributed by atoms with van der Waals surface area (Å²) >= 11 is 6.64. The van der Waals surface area contributed by atoms with Crippen molar-refractivity contribution in [2.45, 2.75) is 56.6 Å². The molecule has 3 saturated heterocycles. The maximum Gasteiger partial charge on any atom is 0.407 e. The predicted molar refractivity (Wildman–Crippen MR) is 216 cm³/mol. The van der Waals surface area contributed by atoms with Crippen LogP contribution in [-0.2, 0) is 22.6 Å². The van der Waals surface area contributed by atoms with Gasteiger partial charge in [0.25, 0.3) is 0 Å². The highest BCUT2D eigenvalue weighted by atomic mass is 35.5. The number of piperazine rings is 1. The summed E-state index contributed by atoms with van der Waals surface area (Å²) in [7, 11) is 6.05. The molecule has 0 saturated carbocycles. The average molecular weight is 783 g/mol. The number of alkyl carbamates (subject to hydrolysis) is 1. The van der Waals surface area contributed by atoms with E-state index in [1.54, 1.807) is 12.3 Å². The number of carbonyl (C=O) groups is 1. The molecular weight excluding hydrogens is 735 g/mol. The number of amides is 1. The molecule has 0 aliphatic carbocycles. The second-order valence-corrected chi connectivity index (χ2v) is 15.8. The zero-order chi connectivity index (χ0) is 38.8. The fourth-order valence-electron chi connectivity index (χ4n) is 8.17. The van der Waals surface area contributed by atoms with E-state index >= 15 is 4.39 Å². The van der Waals surface area contributed by atoms with Crippen molar-refractivity contribution in [2.75, 3.05) is 65.4 Å². The summed E-state index contributed by atoms with van der Waals surface area (Å²) in [4.78, 5) is 33.2. The summed E-state index contributed by atoms with van der Waals surface area (Å²) in [5.41, 5.74) is 3.22. The van der Waals surface area contributed by atoms with Crippen molar-refractivity contribution < 1.29 is 23.4 Å². The van der Waals surface area contributed by atoms with Crippen molar-refractivity contribution in [3.8, 4) is 17.3 Å². The smallest absolute Gasteiger partial charge is 0.407 e. The van der Waals surface area contributed by atoms with E-state index in [-0.39, 0.29) is 36.0 Å². The Hall–Kier alpha value is -4.66. The van der Waals surface area contributed by atoms with Crippen molar-refractivity contribution in [3.05, 3.63) is 88.8 Å². The third-order valence-electron chi connectivity index (χ3n) is 10.9. The fourth-order valence-corrected chi connectivity index (χ4v) is 8.46. The van der Waals surface area contributed by atoms with Crippen LogP contribution in [0.2, 0.25) is 5.02 Å². The monoisotopic (exact) mass is 782 g/mol. The lowest BCUT2D eigenvalue weighted by atomic mass is 10.0. The van der Waals surface area contributed by atoms with E-state index in [0.29, 0.717) is 66.6 Å². The van der Waals surface area contributed by atoms with Crippen LogP contribution in [0.3, 0.4) is 0 Å². The van der Waals surface area contributed by atoms with Gasteiger partial charge in [-0.15, -0.1) is 0 Å². The number of aromatic nitrogens is 3. The number of nitrogens with one attached hydrogen (secondary N) is 2. The number of anilines is 1.